The lowest BCUT2D eigenvalue weighted by Gasteiger charge is -2.29. The number of hydrogen-bond donors (Lipinski definition) is 21. The third-order valence-corrected chi connectivity index (χ3v) is 14.9. The third kappa shape index (κ3) is 31.9. The van der Waals surface area contributed by atoms with Crippen molar-refractivity contribution in [3.05, 3.63) is 29.8 Å². The van der Waals surface area contributed by atoms with E-state index in [2.05, 4.69) is 58.5 Å². The molecule has 0 bridgehead atoms. The van der Waals surface area contributed by atoms with Crippen LogP contribution in [0.3, 0.4) is 0 Å². The summed E-state index contributed by atoms with van der Waals surface area (Å²) in [6.07, 6.45) is -3.90. The molecule has 36 nitrogen and oxygen atoms in total. The van der Waals surface area contributed by atoms with Crippen LogP contribution < -0.4 is 87.2 Å². The molecule has 0 aromatic heterocycles. The van der Waals surface area contributed by atoms with E-state index >= 15 is 0 Å². The number of primary amides is 2. The standard InChI is InChI=1S/C60H100N16O20/c1-8-31(6)48(75-51(87)35(63)28-77)59(95)73-40(24-33-15-17-34(79)18-16-33)55(91)71-42(26-46(84)85)57(93)76-49(32(7)78)60(96)69-37(13-9-11-21-61)52(88)66-27-44(81)67-38(14-10-12-22-62)53(89)70-41(25-43(64)80)56(92)74-47(30(4)5)58(94)72-39(23-29(2)3)54(90)68-36(50(65)86)19-20-45(82)83/h15-18,29-32,35-42,47-49,77-79H,8-14,19-28,61-63H2,1-7H3,(H2,64,80)(H2,65,86)(H,66,88)(H,67,81)(H,68,90)(H,69,96)(H,70,89)(H,71,91)(H,72,94)(H,73,95)(H,74,92)(H,75,87)(H,76,93)(H,82,83)(H,84,85)/t31-,32+,35-,36-,37-,38-,39-,40-,41-,42-,47-,48-,49-/m0/s1. The minimum absolute atomic E-state index is 0.00168. The lowest BCUT2D eigenvalue weighted by Crippen LogP contribution is -2.62. The maximum absolute atomic E-state index is 14.1. The normalized spacial score (nSPS) is 15.2. The lowest BCUT2D eigenvalue weighted by atomic mass is 9.96. The van der Waals surface area contributed by atoms with Gasteiger partial charge in [0.05, 0.1) is 32.1 Å². The van der Waals surface area contributed by atoms with Crippen LogP contribution in [0, 0.1) is 17.8 Å². The monoisotopic (exact) mass is 1360 g/mol. The van der Waals surface area contributed by atoms with Crippen LogP contribution in [-0.4, -0.2) is 213 Å². The first kappa shape index (κ1) is 84.9. The number of carbonyl (C=O) groups is 15. The zero-order valence-corrected chi connectivity index (χ0v) is 55.2. The molecule has 1 aromatic carbocycles. The van der Waals surface area contributed by atoms with Gasteiger partial charge in [0.1, 0.15) is 72.2 Å². The molecule has 1 aromatic rings. The van der Waals surface area contributed by atoms with Crippen LogP contribution in [0.25, 0.3) is 0 Å². The summed E-state index contributed by atoms with van der Waals surface area (Å²) in [6, 6.07) is -12.0. The Morgan fingerprint density at radius 3 is 1.42 bits per heavy atom. The molecule has 0 unspecified atom stereocenters. The van der Waals surface area contributed by atoms with Crippen LogP contribution in [0.4, 0.5) is 0 Å². The number of nitrogens with one attached hydrogen (secondary N) is 11. The molecule has 96 heavy (non-hydrogen) atoms. The number of aromatic hydroxyl groups is 1. The largest absolute Gasteiger partial charge is 0.508 e. The SMILES string of the molecule is CC[C@H](C)[C@H](NC(=O)[C@@H](N)CO)C(=O)N[C@@H](Cc1ccc(O)cc1)C(=O)N[C@@H](CC(=O)O)C(=O)N[C@H](C(=O)N[C@@H](CCCCN)C(=O)NCC(=O)N[C@@H](CCCCN)C(=O)N[C@@H](CC(N)=O)C(=O)N[C@H](C(=O)N[C@@H](CC(C)C)C(=O)N[C@@H](CCC(=O)O)C(N)=O)C(C)C)[C@@H](C)O. The number of aliphatic hydroxyl groups excluding tert-OH is 2. The number of carboxylic acid groups (broad SMARTS) is 2. The van der Waals surface area contributed by atoms with Crippen molar-refractivity contribution >= 4 is 88.7 Å². The number of aliphatic carboxylic acids is 2. The van der Waals surface area contributed by atoms with Gasteiger partial charge in [-0.25, -0.2) is 0 Å². The van der Waals surface area contributed by atoms with Crippen molar-refractivity contribution in [2.24, 2.45) is 46.4 Å². The van der Waals surface area contributed by atoms with Gasteiger partial charge in [-0.2, -0.15) is 0 Å². The number of aliphatic hydroxyl groups is 2. The average Bonchev–Trinajstić information content (AvgIpc) is 0.910. The number of nitrogens with two attached hydrogens (primary N) is 5. The van der Waals surface area contributed by atoms with E-state index in [1.165, 1.54) is 38.1 Å². The van der Waals surface area contributed by atoms with E-state index in [-0.39, 0.29) is 69.7 Å². The maximum Gasteiger partial charge on any atom is 0.305 e. The topological polar surface area (TPSA) is 620 Å². The van der Waals surface area contributed by atoms with Crippen molar-refractivity contribution in [1.29, 1.82) is 0 Å². The second kappa shape index (κ2) is 43.8. The second-order valence-electron chi connectivity index (χ2n) is 24.0. The van der Waals surface area contributed by atoms with Crippen molar-refractivity contribution in [2.75, 3.05) is 26.2 Å². The number of rotatable bonds is 47. The van der Waals surface area contributed by atoms with E-state index in [9.17, 15) is 92.3 Å². The van der Waals surface area contributed by atoms with Crippen LogP contribution >= 0.6 is 0 Å². The number of phenolic OH excluding ortho intramolecular Hbond substituents is 1. The van der Waals surface area contributed by atoms with Gasteiger partial charge in [0.15, 0.2) is 0 Å². The molecule has 0 aliphatic rings. The number of hydrogen-bond acceptors (Lipinski definition) is 21. The summed E-state index contributed by atoms with van der Waals surface area (Å²) in [7, 11) is 0. The van der Waals surface area contributed by atoms with Gasteiger partial charge in [0, 0.05) is 12.8 Å². The first-order chi connectivity index (χ1) is 45.0. The Hall–Kier alpha value is -9.13. The molecular weight excluding hydrogens is 1260 g/mol. The fourth-order valence-corrected chi connectivity index (χ4v) is 9.28. The highest BCUT2D eigenvalue weighted by Crippen LogP contribution is 2.16. The highest BCUT2D eigenvalue weighted by molar-refractivity contribution is 6.00. The summed E-state index contributed by atoms with van der Waals surface area (Å²) in [5, 5.41) is 75.5. The molecule has 540 valence electrons. The van der Waals surface area contributed by atoms with Crippen LogP contribution in [0.15, 0.2) is 24.3 Å². The molecule has 0 spiro atoms. The van der Waals surface area contributed by atoms with Crippen molar-refractivity contribution in [1.82, 2.24) is 58.5 Å². The van der Waals surface area contributed by atoms with Gasteiger partial charge in [-0.1, -0.05) is 60.1 Å². The molecule has 0 aliphatic carbocycles. The Morgan fingerprint density at radius 1 is 0.490 bits per heavy atom. The zero-order chi connectivity index (χ0) is 73.1. The highest BCUT2D eigenvalue weighted by Gasteiger charge is 2.38. The molecule has 0 heterocycles. The maximum atomic E-state index is 14.1. The summed E-state index contributed by atoms with van der Waals surface area (Å²) in [5.41, 5.74) is 28.3. The number of amides is 13. The third-order valence-electron chi connectivity index (χ3n) is 14.9. The van der Waals surface area contributed by atoms with Crippen LogP contribution in [0.2, 0.25) is 0 Å². The predicted octanol–water partition coefficient (Wildman–Crippen LogP) is -6.69. The summed E-state index contributed by atoms with van der Waals surface area (Å²) in [4.78, 5) is 199. The fourth-order valence-electron chi connectivity index (χ4n) is 9.28. The van der Waals surface area contributed by atoms with Crippen LogP contribution in [0.5, 0.6) is 5.75 Å². The summed E-state index contributed by atoms with van der Waals surface area (Å²) < 4.78 is 0. The minimum atomic E-state index is -2.02. The van der Waals surface area contributed by atoms with Crippen molar-refractivity contribution in [3.8, 4) is 5.75 Å². The van der Waals surface area contributed by atoms with Gasteiger partial charge >= 0.3 is 11.9 Å². The Bertz CT molecular complexity index is 2810. The van der Waals surface area contributed by atoms with E-state index in [1.807, 2.05) is 0 Å². The van der Waals surface area contributed by atoms with Crippen molar-refractivity contribution in [3.63, 3.8) is 0 Å². The lowest BCUT2D eigenvalue weighted by molar-refractivity contribution is -0.142. The van der Waals surface area contributed by atoms with Gasteiger partial charge in [-0.15, -0.1) is 0 Å². The first-order valence-corrected chi connectivity index (χ1v) is 31.5. The molecule has 0 fully saturated rings. The van der Waals surface area contributed by atoms with Crippen molar-refractivity contribution in [2.45, 2.75) is 205 Å². The zero-order valence-electron chi connectivity index (χ0n) is 55.2. The fraction of sp³-hybridized carbons (Fsp3) is 0.650. The minimum Gasteiger partial charge on any atom is -0.508 e. The van der Waals surface area contributed by atoms with E-state index < -0.39 is 206 Å². The van der Waals surface area contributed by atoms with E-state index in [0.29, 0.717) is 24.8 Å². The van der Waals surface area contributed by atoms with E-state index in [4.69, 9.17) is 33.8 Å². The Labute approximate surface area is 555 Å². The molecule has 0 radical (unpaired) electrons. The second-order valence-corrected chi connectivity index (χ2v) is 24.0. The number of carbonyl (C=O) groups excluding carboxylic acids is 13. The summed E-state index contributed by atoms with van der Waals surface area (Å²) in [5.74, 6) is -18.2. The van der Waals surface area contributed by atoms with Gasteiger partial charge in [-0.3, -0.25) is 71.9 Å². The predicted molar refractivity (Wildman–Crippen MR) is 343 cm³/mol. The molecule has 13 atom stereocenters. The molecule has 1 rings (SSSR count). The number of unbranched alkanes of at least 4 members (excludes halogenated alkanes) is 2. The molecule has 0 aliphatic heterocycles. The van der Waals surface area contributed by atoms with Gasteiger partial charge < -0.3 is 113 Å². The summed E-state index contributed by atoms with van der Waals surface area (Å²) in [6.45, 7) is 9.51. The average molecular weight is 1370 g/mol. The molecule has 36 heteroatoms. The molecule has 13 amide bonds. The number of carboxylic acids is 2. The molecule has 26 N–H and O–H groups in total. The van der Waals surface area contributed by atoms with Crippen LogP contribution in [0.1, 0.15) is 131 Å². The molecular formula is C60H100N16O20. The summed E-state index contributed by atoms with van der Waals surface area (Å²) >= 11 is 0. The number of benzene rings is 1. The Kier molecular flexibility index (Phi) is 38.7. The highest BCUT2D eigenvalue weighted by atomic mass is 16.4. The van der Waals surface area contributed by atoms with E-state index in [1.54, 1.807) is 27.7 Å². The Balaban J connectivity index is 3.47. The molecule has 0 saturated heterocycles. The van der Waals surface area contributed by atoms with Gasteiger partial charge in [-0.05, 0) is 107 Å². The molecule has 0 saturated carbocycles. The van der Waals surface area contributed by atoms with Gasteiger partial charge in [0.2, 0.25) is 76.8 Å². The van der Waals surface area contributed by atoms with Crippen molar-refractivity contribution < 1.29 is 97.5 Å². The number of phenols is 1. The first-order valence-electron chi connectivity index (χ1n) is 31.5. The van der Waals surface area contributed by atoms with E-state index in [0.717, 1.165) is 6.92 Å². The smallest absolute Gasteiger partial charge is 0.305 e. The van der Waals surface area contributed by atoms with Gasteiger partial charge in [0.25, 0.3) is 0 Å². The Morgan fingerprint density at radius 2 is 0.938 bits per heavy atom. The van der Waals surface area contributed by atoms with Crippen LogP contribution in [-0.2, 0) is 78.3 Å². The quantitative estimate of drug-likeness (QED) is 0.0270.